The minimum atomic E-state index is -0.0440. The van der Waals surface area contributed by atoms with Gasteiger partial charge < -0.3 is 0 Å². The molecule has 1 aromatic heterocycles. The lowest BCUT2D eigenvalue weighted by molar-refractivity contribution is 0.103. The maximum absolute atomic E-state index is 12.2. The van der Waals surface area contributed by atoms with E-state index in [9.17, 15) is 4.79 Å². The van der Waals surface area contributed by atoms with Crippen LogP contribution in [0.25, 0.3) is 0 Å². The van der Waals surface area contributed by atoms with Crippen molar-refractivity contribution in [2.45, 2.75) is 13.8 Å². The van der Waals surface area contributed by atoms with E-state index in [2.05, 4.69) is 4.98 Å². The third-order valence-corrected chi connectivity index (χ3v) is 3.12. The topological polar surface area (TPSA) is 30.0 Å². The molecule has 0 radical (unpaired) electrons. The number of carbonyl (C=O) groups excluding carboxylic acids is 1. The number of aryl methyl sites for hydroxylation is 2. The van der Waals surface area contributed by atoms with Crippen molar-refractivity contribution in [3.63, 3.8) is 0 Å². The van der Waals surface area contributed by atoms with Gasteiger partial charge in [-0.15, -0.1) is 0 Å². The van der Waals surface area contributed by atoms with E-state index < -0.39 is 0 Å². The van der Waals surface area contributed by atoms with Gasteiger partial charge in [0.15, 0.2) is 5.78 Å². The average molecular weight is 246 g/mol. The maximum Gasteiger partial charge on any atom is 0.194 e. The molecule has 0 fully saturated rings. The molecule has 0 atom stereocenters. The van der Waals surface area contributed by atoms with E-state index in [1.807, 2.05) is 26.0 Å². The van der Waals surface area contributed by atoms with E-state index >= 15 is 0 Å². The van der Waals surface area contributed by atoms with Gasteiger partial charge in [-0.25, -0.2) is 0 Å². The molecule has 0 amide bonds. The van der Waals surface area contributed by atoms with E-state index in [1.54, 1.807) is 24.5 Å². The lowest BCUT2D eigenvalue weighted by atomic mass is 10.0. The summed E-state index contributed by atoms with van der Waals surface area (Å²) in [6.07, 6.45) is 3.26. The molecule has 1 aromatic carbocycles. The number of pyridine rings is 1. The fourth-order valence-corrected chi connectivity index (χ4v) is 1.77. The molecule has 0 aliphatic rings. The number of benzene rings is 1. The monoisotopic (exact) mass is 245 g/mol. The Kier molecular flexibility index (Phi) is 3.25. The van der Waals surface area contributed by atoms with Crippen LogP contribution < -0.4 is 0 Å². The summed E-state index contributed by atoms with van der Waals surface area (Å²) < 4.78 is 0. The average Bonchev–Trinajstić information content (AvgIpc) is 2.32. The highest BCUT2D eigenvalue weighted by Crippen LogP contribution is 2.19. The first-order valence-electron chi connectivity index (χ1n) is 5.31. The zero-order valence-electron chi connectivity index (χ0n) is 9.70. The van der Waals surface area contributed by atoms with E-state index in [0.717, 1.165) is 11.1 Å². The molecule has 86 valence electrons. The van der Waals surface area contributed by atoms with Crippen LogP contribution in [0.5, 0.6) is 0 Å². The van der Waals surface area contributed by atoms with Crippen molar-refractivity contribution in [2.75, 3.05) is 0 Å². The minimum Gasteiger partial charge on any atom is -0.289 e. The van der Waals surface area contributed by atoms with Crippen molar-refractivity contribution in [3.8, 4) is 0 Å². The number of halogens is 1. The van der Waals surface area contributed by atoms with Crippen molar-refractivity contribution in [2.24, 2.45) is 0 Å². The van der Waals surface area contributed by atoms with Crippen LogP contribution in [0, 0.1) is 13.8 Å². The predicted octanol–water partition coefficient (Wildman–Crippen LogP) is 3.58. The van der Waals surface area contributed by atoms with Crippen LogP contribution in [-0.4, -0.2) is 10.8 Å². The Bertz CT molecular complexity index is 578. The van der Waals surface area contributed by atoms with Crippen molar-refractivity contribution in [1.82, 2.24) is 4.98 Å². The number of hydrogen-bond acceptors (Lipinski definition) is 2. The SMILES string of the molecule is Cc1ccc(C(=O)c2cnccc2C)cc1Cl. The minimum absolute atomic E-state index is 0.0440. The van der Waals surface area contributed by atoms with Gasteiger partial charge in [-0.2, -0.15) is 0 Å². The second-order valence-electron chi connectivity index (χ2n) is 3.98. The largest absolute Gasteiger partial charge is 0.289 e. The van der Waals surface area contributed by atoms with Gasteiger partial charge in [0.1, 0.15) is 0 Å². The molecular formula is C14H12ClNO. The summed E-state index contributed by atoms with van der Waals surface area (Å²) in [5.41, 5.74) is 3.09. The molecular weight excluding hydrogens is 234 g/mol. The highest BCUT2D eigenvalue weighted by atomic mass is 35.5. The van der Waals surface area contributed by atoms with E-state index in [0.29, 0.717) is 16.1 Å². The van der Waals surface area contributed by atoms with Crippen LogP contribution in [0.4, 0.5) is 0 Å². The highest BCUT2D eigenvalue weighted by Gasteiger charge is 2.12. The van der Waals surface area contributed by atoms with Crippen molar-refractivity contribution >= 4 is 17.4 Å². The number of rotatable bonds is 2. The predicted molar refractivity (Wildman–Crippen MR) is 68.6 cm³/mol. The zero-order valence-corrected chi connectivity index (χ0v) is 10.5. The number of nitrogens with zero attached hydrogens (tertiary/aromatic N) is 1. The summed E-state index contributed by atoms with van der Waals surface area (Å²) in [5, 5.41) is 0.609. The Balaban J connectivity index is 2.44. The summed E-state index contributed by atoms with van der Waals surface area (Å²) in [6.45, 7) is 3.80. The van der Waals surface area contributed by atoms with Gasteiger partial charge in [0.2, 0.25) is 0 Å². The van der Waals surface area contributed by atoms with Crippen LogP contribution in [0.3, 0.4) is 0 Å². The third-order valence-electron chi connectivity index (χ3n) is 2.72. The summed E-state index contributed by atoms with van der Waals surface area (Å²) in [4.78, 5) is 16.2. The number of hydrogen-bond donors (Lipinski definition) is 0. The standard InChI is InChI=1S/C14H12ClNO/c1-9-5-6-16-8-12(9)14(17)11-4-3-10(2)13(15)7-11/h3-8H,1-2H3. The Morgan fingerprint density at radius 1 is 1.18 bits per heavy atom. The van der Waals surface area contributed by atoms with Crippen LogP contribution in [0.2, 0.25) is 5.02 Å². The lowest BCUT2D eigenvalue weighted by Crippen LogP contribution is -2.04. The molecule has 0 aliphatic carbocycles. The van der Waals surface area contributed by atoms with Gasteiger partial charge in [0.25, 0.3) is 0 Å². The first-order chi connectivity index (χ1) is 8.09. The first kappa shape index (κ1) is 11.8. The van der Waals surface area contributed by atoms with E-state index in [1.165, 1.54) is 0 Å². The molecule has 1 heterocycles. The second kappa shape index (κ2) is 4.68. The smallest absolute Gasteiger partial charge is 0.194 e. The highest BCUT2D eigenvalue weighted by molar-refractivity contribution is 6.31. The molecule has 0 unspecified atom stereocenters. The lowest BCUT2D eigenvalue weighted by Gasteiger charge is -2.05. The van der Waals surface area contributed by atoms with Gasteiger partial charge in [0, 0.05) is 28.5 Å². The van der Waals surface area contributed by atoms with Gasteiger partial charge >= 0.3 is 0 Å². The van der Waals surface area contributed by atoms with Crippen LogP contribution >= 0.6 is 11.6 Å². The second-order valence-corrected chi connectivity index (χ2v) is 4.39. The van der Waals surface area contributed by atoms with Crippen molar-refractivity contribution in [3.05, 3.63) is 63.9 Å². The Morgan fingerprint density at radius 3 is 2.59 bits per heavy atom. The quantitative estimate of drug-likeness (QED) is 0.757. The normalized spacial score (nSPS) is 10.3. The zero-order chi connectivity index (χ0) is 12.4. The van der Waals surface area contributed by atoms with Crippen molar-refractivity contribution in [1.29, 1.82) is 0 Å². The molecule has 2 aromatic rings. The Labute approximate surface area is 105 Å². The summed E-state index contributed by atoms with van der Waals surface area (Å²) in [7, 11) is 0. The van der Waals surface area contributed by atoms with Crippen LogP contribution in [0.15, 0.2) is 36.7 Å². The van der Waals surface area contributed by atoms with Gasteiger partial charge in [-0.05, 0) is 37.1 Å². The Morgan fingerprint density at radius 2 is 1.94 bits per heavy atom. The van der Waals surface area contributed by atoms with E-state index in [-0.39, 0.29) is 5.78 Å². The molecule has 0 saturated heterocycles. The maximum atomic E-state index is 12.2. The van der Waals surface area contributed by atoms with Crippen LogP contribution in [0.1, 0.15) is 27.0 Å². The fraction of sp³-hybridized carbons (Fsp3) is 0.143. The van der Waals surface area contributed by atoms with Gasteiger partial charge in [-0.1, -0.05) is 23.7 Å². The molecule has 3 heteroatoms. The van der Waals surface area contributed by atoms with Crippen LogP contribution in [-0.2, 0) is 0 Å². The molecule has 0 saturated carbocycles. The molecule has 17 heavy (non-hydrogen) atoms. The first-order valence-corrected chi connectivity index (χ1v) is 5.69. The molecule has 2 rings (SSSR count). The summed E-state index contributed by atoms with van der Waals surface area (Å²) in [6, 6.07) is 7.16. The summed E-state index contributed by atoms with van der Waals surface area (Å²) >= 11 is 6.02. The number of ketones is 1. The molecule has 0 bridgehead atoms. The van der Waals surface area contributed by atoms with E-state index in [4.69, 9.17) is 11.6 Å². The number of carbonyl (C=O) groups is 1. The van der Waals surface area contributed by atoms with Gasteiger partial charge in [-0.3, -0.25) is 9.78 Å². The molecule has 0 N–H and O–H groups in total. The summed E-state index contributed by atoms with van der Waals surface area (Å²) in [5.74, 6) is -0.0440. The molecule has 2 nitrogen and oxygen atoms in total. The molecule has 0 aliphatic heterocycles. The van der Waals surface area contributed by atoms with Crippen molar-refractivity contribution < 1.29 is 4.79 Å². The van der Waals surface area contributed by atoms with Gasteiger partial charge in [0.05, 0.1) is 0 Å². The Hall–Kier alpha value is -1.67. The third kappa shape index (κ3) is 2.37. The fourth-order valence-electron chi connectivity index (χ4n) is 1.59. The number of aromatic nitrogens is 1. The molecule has 0 spiro atoms.